The average molecular weight is 259 g/mol. The van der Waals surface area contributed by atoms with Gasteiger partial charge in [-0.1, -0.05) is 37.3 Å². The van der Waals surface area contributed by atoms with Crippen LogP contribution in [-0.4, -0.2) is 34.6 Å². The summed E-state index contributed by atoms with van der Waals surface area (Å²) in [7, 11) is 0. The summed E-state index contributed by atoms with van der Waals surface area (Å²) in [6.07, 6.45) is 3.08. The van der Waals surface area contributed by atoms with Gasteiger partial charge in [-0.15, -0.1) is 0 Å². The zero-order chi connectivity index (χ0) is 13.4. The Balaban J connectivity index is 1.70. The average Bonchev–Trinajstić information content (AvgIpc) is 2.97. The van der Waals surface area contributed by atoms with Crippen molar-refractivity contribution in [3.63, 3.8) is 0 Å². The van der Waals surface area contributed by atoms with Gasteiger partial charge in [0.05, 0.1) is 5.92 Å². The summed E-state index contributed by atoms with van der Waals surface area (Å²) in [5.41, 5.74) is 1.35. The van der Waals surface area contributed by atoms with Crippen molar-refractivity contribution in [3.05, 3.63) is 35.9 Å². The molecule has 2 saturated heterocycles. The van der Waals surface area contributed by atoms with Gasteiger partial charge >= 0.3 is 5.97 Å². The molecule has 0 radical (unpaired) electrons. The first-order valence-corrected chi connectivity index (χ1v) is 7.20. The van der Waals surface area contributed by atoms with E-state index in [4.69, 9.17) is 0 Å². The Morgan fingerprint density at radius 3 is 2.74 bits per heavy atom. The highest BCUT2D eigenvalue weighted by Crippen LogP contribution is 2.42. The molecule has 0 aliphatic carbocycles. The van der Waals surface area contributed by atoms with Gasteiger partial charge in [-0.3, -0.25) is 9.69 Å². The summed E-state index contributed by atoms with van der Waals surface area (Å²) in [6.45, 7) is 3.23. The van der Waals surface area contributed by atoms with Gasteiger partial charge in [-0.05, 0) is 30.7 Å². The maximum Gasteiger partial charge on any atom is 0.308 e. The first kappa shape index (κ1) is 12.7. The molecule has 2 aliphatic rings. The van der Waals surface area contributed by atoms with Gasteiger partial charge in [0.2, 0.25) is 0 Å². The van der Waals surface area contributed by atoms with Gasteiger partial charge in [0.15, 0.2) is 0 Å². The van der Waals surface area contributed by atoms with Crippen LogP contribution in [0.4, 0.5) is 0 Å². The molecule has 3 rings (SSSR count). The molecule has 3 heteroatoms. The summed E-state index contributed by atoms with van der Waals surface area (Å²) >= 11 is 0. The zero-order valence-electron chi connectivity index (χ0n) is 11.3. The molecule has 2 heterocycles. The molecular formula is C16H21NO2. The van der Waals surface area contributed by atoms with E-state index >= 15 is 0 Å². The molecule has 2 fully saturated rings. The van der Waals surface area contributed by atoms with Crippen LogP contribution in [-0.2, 0) is 4.79 Å². The Labute approximate surface area is 114 Å². The quantitative estimate of drug-likeness (QED) is 0.904. The second-order valence-corrected chi connectivity index (χ2v) is 5.99. The lowest BCUT2D eigenvalue weighted by atomic mass is 9.89. The molecule has 4 unspecified atom stereocenters. The van der Waals surface area contributed by atoms with E-state index in [0.717, 1.165) is 19.4 Å². The largest absolute Gasteiger partial charge is 0.481 e. The lowest BCUT2D eigenvalue weighted by Crippen LogP contribution is -2.35. The summed E-state index contributed by atoms with van der Waals surface area (Å²) in [5, 5.41) is 9.28. The fraction of sp³-hybridized carbons (Fsp3) is 0.562. The number of hydrogen-bond acceptors (Lipinski definition) is 2. The molecule has 2 aliphatic heterocycles. The Morgan fingerprint density at radius 2 is 2.11 bits per heavy atom. The number of nitrogens with zero attached hydrogens (tertiary/aromatic N) is 1. The predicted molar refractivity (Wildman–Crippen MR) is 74.1 cm³/mol. The lowest BCUT2D eigenvalue weighted by molar-refractivity contribution is -0.142. The van der Waals surface area contributed by atoms with Crippen LogP contribution in [0.3, 0.4) is 0 Å². The first-order valence-electron chi connectivity index (χ1n) is 7.20. The van der Waals surface area contributed by atoms with E-state index in [2.05, 4.69) is 36.1 Å². The third-order valence-corrected chi connectivity index (χ3v) is 4.85. The number of benzene rings is 1. The Kier molecular flexibility index (Phi) is 3.31. The van der Waals surface area contributed by atoms with Gasteiger partial charge in [0, 0.05) is 18.6 Å². The van der Waals surface area contributed by atoms with Crippen molar-refractivity contribution in [2.45, 2.75) is 44.2 Å². The molecule has 1 N–H and O–H groups in total. The lowest BCUT2D eigenvalue weighted by Gasteiger charge is -2.26. The molecule has 0 spiro atoms. The molecule has 102 valence electrons. The monoisotopic (exact) mass is 259 g/mol. The number of rotatable bonds is 4. The molecule has 3 nitrogen and oxygen atoms in total. The Morgan fingerprint density at radius 1 is 1.37 bits per heavy atom. The molecule has 2 bridgehead atoms. The van der Waals surface area contributed by atoms with E-state index in [0.29, 0.717) is 12.0 Å². The van der Waals surface area contributed by atoms with Gasteiger partial charge < -0.3 is 5.11 Å². The SMILES string of the molecule is CC(CN1C2CCC1C(C(=O)O)C2)c1ccccc1. The topological polar surface area (TPSA) is 40.5 Å². The van der Waals surface area contributed by atoms with E-state index in [1.165, 1.54) is 12.0 Å². The van der Waals surface area contributed by atoms with Crippen molar-refractivity contribution >= 4 is 5.97 Å². The fourth-order valence-electron chi connectivity index (χ4n) is 3.85. The number of carbonyl (C=O) groups is 1. The van der Waals surface area contributed by atoms with Gasteiger partial charge in [-0.2, -0.15) is 0 Å². The van der Waals surface area contributed by atoms with E-state index < -0.39 is 5.97 Å². The number of carboxylic acids is 1. The van der Waals surface area contributed by atoms with E-state index in [9.17, 15) is 9.90 Å². The highest BCUT2D eigenvalue weighted by atomic mass is 16.4. The third-order valence-electron chi connectivity index (χ3n) is 4.85. The molecule has 0 amide bonds. The van der Waals surface area contributed by atoms with Crippen molar-refractivity contribution in [3.8, 4) is 0 Å². The van der Waals surface area contributed by atoms with Crippen molar-refractivity contribution in [2.75, 3.05) is 6.54 Å². The van der Waals surface area contributed by atoms with E-state index in [-0.39, 0.29) is 12.0 Å². The molecule has 19 heavy (non-hydrogen) atoms. The molecule has 0 aromatic heterocycles. The standard InChI is InChI=1S/C16H21NO2/c1-11(12-5-3-2-4-6-12)10-17-13-7-8-15(17)14(9-13)16(18)19/h2-6,11,13-15H,7-10H2,1H3,(H,18,19). The number of carboxylic acid groups (broad SMARTS) is 1. The van der Waals surface area contributed by atoms with Crippen LogP contribution in [0, 0.1) is 5.92 Å². The van der Waals surface area contributed by atoms with Crippen molar-refractivity contribution in [1.29, 1.82) is 0 Å². The predicted octanol–water partition coefficient (Wildman–Crippen LogP) is 2.73. The van der Waals surface area contributed by atoms with Crippen LogP contribution in [0.15, 0.2) is 30.3 Å². The summed E-state index contributed by atoms with van der Waals surface area (Å²) in [4.78, 5) is 13.7. The first-order chi connectivity index (χ1) is 9.16. The van der Waals surface area contributed by atoms with E-state index in [1.807, 2.05) is 6.07 Å². The maximum atomic E-state index is 11.3. The third kappa shape index (κ3) is 2.27. The second kappa shape index (κ2) is 4.97. The summed E-state index contributed by atoms with van der Waals surface area (Å²) in [5.74, 6) is -0.275. The molecule has 1 aromatic carbocycles. The van der Waals surface area contributed by atoms with Crippen molar-refractivity contribution < 1.29 is 9.90 Å². The Hall–Kier alpha value is -1.35. The highest BCUT2D eigenvalue weighted by molar-refractivity contribution is 5.71. The highest BCUT2D eigenvalue weighted by Gasteiger charge is 2.49. The Bertz CT molecular complexity index is 459. The van der Waals surface area contributed by atoms with Crippen LogP contribution >= 0.6 is 0 Å². The summed E-state index contributed by atoms with van der Waals surface area (Å²) in [6, 6.07) is 11.3. The summed E-state index contributed by atoms with van der Waals surface area (Å²) < 4.78 is 0. The minimum absolute atomic E-state index is 0.137. The van der Waals surface area contributed by atoms with Crippen LogP contribution in [0.2, 0.25) is 0 Å². The smallest absolute Gasteiger partial charge is 0.308 e. The van der Waals surface area contributed by atoms with Crippen LogP contribution < -0.4 is 0 Å². The number of aliphatic carboxylic acids is 1. The van der Waals surface area contributed by atoms with Gasteiger partial charge in [0.25, 0.3) is 0 Å². The normalized spacial score (nSPS) is 31.5. The van der Waals surface area contributed by atoms with Gasteiger partial charge in [-0.25, -0.2) is 0 Å². The van der Waals surface area contributed by atoms with Crippen molar-refractivity contribution in [1.82, 2.24) is 4.90 Å². The van der Waals surface area contributed by atoms with Gasteiger partial charge in [0.1, 0.15) is 0 Å². The second-order valence-electron chi connectivity index (χ2n) is 5.99. The zero-order valence-corrected chi connectivity index (χ0v) is 11.3. The number of fused-ring (bicyclic) bond motifs is 2. The van der Waals surface area contributed by atoms with Crippen molar-refractivity contribution in [2.24, 2.45) is 5.92 Å². The van der Waals surface area contributed by atoms with Crippen LogP contribution in [0.25, 0.3) is 0 Å². The van der Waals surface area contributed by atoms with Crippen LogP contribution in [0.5, 0.6) is 0 Å². The minimum Gasteiger partial charge on any atom is -0.481 e. The molecule has 4 atom stereocenters. The molecule has 0 saturated carbocycles. The maximum absolute atomic E-state index is 11.3. The molecule has 1 aromatic rings. The van der Waals surface area contributed by atoms with E-state index in [1.54, 1.807) is 0 Å². The number of hydrogen-bond donors (Lipinski definition) is 1. The fourth-order valence-corrected chi connectivity index (χ4v) is 3.85. The minimum atomic E-state index is -0.607. The molecular weight excluding hydrogens is 238 g/mol. The van der Waals surface area contributed by atoms with Crippen LogP contribution in [0.1, 0.15) is 37.7 Å².